The molecule has 0 radical (unpaired) electrons. The zero-order valence-corrected chi connectivity index (χ0v) is 19.4. The average molecular weight is 476 g/mol. The Bertz CT molecular complexity index is 1150. The van der Waals surface area contributed by atoms with Crippen molar-refractivity contribution in [2.24, 2.45) is 0 Å². The number of carboxylic acid groups (broad SMARTS) is 1. The molecule has 35 heavy (non-hydrogen) atoms. The van der Waals surface area contributed by atoms with E-state index in [1.807, 2.05) is 42.5 Å². The molecule has 0 saturated carbocycles. The number of para-hydroxylation sites is 1. The predicted octanol–water partition coefficient (Wildman–Crippen LogP) is 4.34. The summed E-state index contributed by atoms with van der Waals surface area (Å²) in [4.78, 5) is 12.8. The Labute approximate surface area is 204 Å². The summed E-state index contributed by atoms with van der Waals surface area (Å²) < 4.78 is 17.0. The van der Waals surface area contributed by atoms with Gasteiger partial charge < -0.3 is 30.0 Å². The first kappa shape index (κ1) is 23.0. The molecule has 8 heteroatoms. The lowest BCUT2D eigenvalue weighted by Crippen LogP contribution is -2.52. The van der Waals surface area contributed by atoms with Crippen molar-refractivity contribution < 1.29 is 24.1 Å². The summed E-state index contributed by atoms with van der Waals surface area (Å²) in [6, 6.07) is 22.2. The third-order valence-electron chi connectivity index (χ3n) is 6.19. The third kappa shape index (κ3) is 5.50. The average Bonchev–Trinajstić information content (AvgIpc) is 2.90. The molecule has 1 atom stereocenters. The summed E-state index contributed by atoms with van der Waals surface area (Å²) in [5, 5.41) is 16.1. The predicted molar refractivity (Wildman–Crippen MR) is 134 cm³/mol. The number of morpholine rings is 1. The maximum Gasteiger partial charge on any atom is 0.407 e. The van der Waals surface area contributed by atoms with E-state index < -0.39 is 6.09 Å². The summed E-state index contributed by atoms with van der Waals surface area (Å²) >= 11 is 0. The number of amides is 1. The van der Waals surface area contributed by atoms with Crippen LogP contribution in [0, 0.1) is 0 Å². The minimum Gasteiger partial charge on any atom is -0.486 e. The van der Waals surface area contributed by atoms with Gasteiger partial charge in [-0.1, -0.05) is 36.4 Å². The lowest BCUT2D eigenvalue weighted by Gasteiger charge is -2.33. The molecular weight excluding hydrogens is 446 g/mol. The molecule has 8 nitrogen and oxygen atoms in total. The molecule has 0 aliphatic carbocycles. The quantitative estimate of drug-likeness (QED) is 0.468. The van der Waals surface area contributed by atoms with E-state index in [0.717, 1.165) is 39.6 Å². The molecule has 2 aliphatic rings. The van der Waals surface area contributed by atoms with E-state index in [4.69, 9.17) is 14.2 Å². The second-order valence-corrected chi connectivity index (χ2v) is 8.56. The molecule has 1 saturated heterocycles. The lowest BCUT2D eigenvalue weighted by molar-refractivity contribution is 0.000382. The number of fused-ring (bicyclic) bond motifs is 1. The summed E-state index contributed by atoms with van der Waals surface area (Å²) in [5.41, 5.74) is 5.21. The maximum atomic E-state index is 11.4. The van der Waals surface area contributed by atoms with E-state index in [9.17, 15) is 9.90 Å². The van der Waals surface area contributed by atoms with Crippen molar-refractivity contribution in [3.8, 4) is 22.6 Å². The number of ether oxygens (including phenoxy) is 3. The smallest absolute Gasteiger partial charge is 0.407 e. The monoisotopic (exact) mass is 475 g/mol. The van der Waals surface area contributed by atoms with Crippen LogP contribution in [-0.4, -0.2) is 61.7 Å². The minimum absolute atomic E-state index is 0.161. The fraction of sp³-hybridized carbons (Fsp3) is 0.296. The van der Waals surface area contributed by atoms with Gasteiger partial charge in [0, 0.05) is 36.6 Å². The second-order valence-electron chi connectivity index (χ2n) is 8.56. The second kappa shape index (κ2) is 10.7. The van der Waals surface area contributed by atoms with Crippen LogP contribution >= 0.6 is 0 Å². The molecule has 0 aromatic heterocycles. The van der Waals surface area contributed by atoms with Crippen LogP contribution in [0.1, 0.15) is 5.56 Å². The van der Waals surface area contributed by atoms with Gasteiger partial charge in [-0.25, -0.2) is 4.79 Å². The Kier molecular flexibility index (Phi) is 7.02. The SMILES string of the molecule is O=C(O)N1CCOCC1CNCc1ccc(Nc2ccc(-c3cccc4c3OCCO4)cc2)cc1. The van der Waals surface area contributed by atoms with Crippen LogP contribution in [0.5, 0.6) is 11.5 Å². The standard InChI is InChI=1S/C27H29N3O5/c31-27(32)30-12-13-33-18-23(30)17-28-16-19-4-8-21(9-5-19)29-22-10-6-20(7-11-22)24-2-1-3-25-26(24)35-15-14-34-25/h1-11,23,28-29H,12-18H2,(H,31,32). The Hall–Kier alpha value is -3.75. The zero-order valence-electron chi connectivity index (χ0n) is 19.4. The van der Waals surface area contributed by atoms with Gasteiger partial charge in [-0.3, -0.25) is 4.90 Å². The molecule has 2 heterocycles. The van der Waals surface area contributed by atoms with E-state index in [0.29, 0.717) is 46.1 Å². The molecule has 3 N–H and O–H groups in total. The first-order valence-electron chi connectivity index (χ1n) is 11.8. The molecule has 1 amide bonds. The molecule has 5 rings (SSSR count). The van der Waals surface area contributed by atoms with Gasteiger partial charge >= 0.3 is 6.09 Å². The van der Waals surface area contributed by atoms with Crippen LogP contribution in [0.4, 0.5) is 16.2 Å². The highest BCUT2D eigenvalue weighted by Gasteiger charge is 2.26. The first-order valence-corrected chi connectivity index (χ1v) is 11.8. The van der Waals surface area contributed by atoms with Crippen molar-refractivity contribution in [3.63, 3.8) is 0 Å². The summed E-state index contributed by atoms with van der Waals surface area (Å²) in [6.45, 7) is 3.65. The number of hydrogen-bond acceptors (Lipinski definition) is 6. The molecule has 3 aromatic carbocycles. The van der Waals surface area contributed by atoms with Gasteiger partial charge in [0.1, 0.15) is 13.2 Å². The van der Waals surface area contributed by atoms with Crippen molar-refractivity contribution in [1.82, 2.24) is 10.2 Å². The van der Waals surface area contributed by atoms with Gasteiger partial charge in [0.15, 0.2) is 11.5 Å². The third-order valence-corrected chi connectivity index (χ3v) is 6.19. The van der Waals surface area contributed by atoms with Gasteiger partial charge in [-0.05, 0) is 41.5 Å². The minimum atomic E-state index is -0.894. The molecule has 0 bridgehead atoms. The molecular formula is C27H29N3O5. The maximum absolute atomic E-state index is 11.4. The van der Waals surface area contributed by atoms with Gasteiger partial charge in [0.2, 0.25) is 0 Å². The molecule has 1 unspecified atom stereocenters. The van der Waals surface area contributed by atoms with E-state index >= 15 is 0 Å². The number of benzene rings is 3. The van der Waals surface area contributed by atoms with Crippen LogP contribution in [0.25, 0.3) is 11.1 Å². The topological polar surface area (TPSA) is 92.3 Å². The van der Waals surface area contributed by atoms with E-state index in [-0.39, 0.29) is 6.04 Å². The fourth-order valence-electron chi connectivity index (χ4n) is 4.37. The largest absolute Gasteiger partial charge is 0.486 e. The van der Waals surface area contributed by atoms with Crippen molar-refractivity contribution in [2.45, 2.75) is 12.6 Å². The highest BCUT2D eigenvalue weighted by molar-refractivity contribution is 5.76. The number of anilines is 2. The van der Waals surface area contributed by atoms with E-state index in [1.54, 1.807) is 0 Å². The lowest BCUT2D eigenvalue weighted by atomic mass is 10.0. The van der Waals surface area contributed by atoms with Gasteiger partial charge in [0.25, 0.3) is 0 Å². The van der Waals surface area contributed by atoms with Gasteiger partial charge in [-0.15, -0.1) is 0 Å². The van der Waals surface area contributed by atoms with Crippen molar-refractivity contribution in [3.05, 3.63) is 72.3 Å². The van der Waals surface area contributed by atoms with Crippen LogP contribution in [0.15, 0.2) is 66.7 Å². The number of rotatable bonds is 7. The fourth-order valence-corrected chi connectivity index (χ4v) is 4.37. The first-order chi connectivity index (χ1) is 17.2. The summed E-state index contributed by atoms with van der Waals surface area (Å²) in [7, 11) is 0. The summed E-state index contributed by atoms with van der Waals surface area (Å²) in [6.07, 6.45) is -0.894. The van der Waals surface area contributed by atoms with Crippen LogP contribution in [0.3, 0.4) is 0 Å². The van der Waals surface area contributed by atoms with Crippen molar-refractivity contribution in [2.75, 3.05) is 44.8 Å². The number of carbonyl (C=O) groups is 1. The van der Waals surface area contributed by atoms with Crippen LogP contribution in [0.2, 0.25) is 0 Å². The molecule has 1 fully saturated rings. The van der Waals surface area contributed by atoms with Gasteiger partial charge in [0.05, 0.1) is 19.3 Å². The highest BCUT2D eigenvalue weighted by atomic mass is 16.6. The molecule has 182 valence electrons. The Balaban J connectivity index is 1.15. The number of nitrogens with zero attached hydrogens (tertiary/aromatic N) is 1. The van der Waals surface area contributed by atoms with Crippen LogP contribution < -0.4 is 20.1 Å². The van der Waals surface area contributed by atoms with Crippen molar-refractivity contribution >= 4 is 17.5 Å². The Morgan fingerprint density at radius 1 is 0.943 bits per heavy atom. The summed E-state index contributed by atoms with van der Waals surface area (Å²) in [5.74, 6) is 1.59. The van der Waals surface area contributed by atoms with Crippen LogP contribution in [-0.2, 0) is 11.3 Å². The van der Waals surface area contributed by atoms with Gasteiger partial charge in [-0.2, -0.15) is 0 Å². The Morgan fingerprint density at radius 3 is 2.46 bits per heavy atom. The zero-order chi connectivity index (χ0) is 24.0. The van der Waals surface area contributed by atoms with Crippen molar-refractivity contribution in [1.29, 1.82) is 0 Å². The molecule has 3 aromatic rings. The Morgan fingerprint density at radius 2 is 1.69 bits per heavy atom. The van der Waals surface area contributed by atoms with E-state index in [1.165, 1.54) is 4.90 Å². The number of hydrogen-bond donors (Lipinski definition) is 3. The molecule has 0 spiro atoms. The highest BCUT2D eigenvalue weighted by Crippen LogP contribution is 2.40. The van der Waals surface area contributed by atoms with E-state index in [2.05, 4.69) is 34.9 Å². The molecule has 2 aliphatic heterocycles. The number of nitrogens with one attached hydrogen (secondary N) is 2. The normalized spacial score (nSPS) is 17.1.